The van der Waals surface area contributed by atoms with Crippen LogP contribution in [0.4, 0.5) is 13.2 Å². The molecular weight excluding hydrogens is 329 g/mol. The van der Waals surface area contributed by atoms with E-state index >= 15 is 0 Å². The van der Waals surface area contributed by atoms with E-state index < -0.39 is 11.7 Å². The van der Waals surface area contributed by atoms with E-state index in [9.17, 15) is 13.2 Å². The molecule has 5 nitrogen and oxygen atoms in total. The SMILES string of the molecule is FC(F)(F)c1ccc(-c2nnc3sc(-c4ccco4)nn23)cc1. The second kappa shape index (κ2) is 4.92. The molecule has 0 aliphatic rings. The third-order valence-corrected chi connectivity index (χ3v) is 4.11. The lowest BCUT2D eigenvalue weighted by Crippen LogP contribution is -2.04. The summed E-state index contributed by atoms with van der Waals surface area (Å²) in [7, 11) is 0. The largest absolute Gasteiger partial charge is 0.462 e. The molecule has 0 saturated heterocycles. The van der Waals surface area contributed by atoms with Crippen molar-refractivity contribution in [3.8, 4) is 22.2 Å². The summed E-state index contributed by atoms with van der Waals surface area (Å²) in [6, 6.07) is 8.24. The number of alkyl halides is 3. The number of benzene rings is 1. The second-order valence-corrected chi connectivity index (χ2v) is 5.63. The zero-order valence-corrected chi connectivity index (χ0v) is 12.1. The Hall–Kier alpha value is -2.68. The van der Waals surface area contributed by atoms with Crippen molar-refractivity contribution in [1.82, 2.24) is 19.8 Å². The zero-order valence-electron chi connectivity index (χ0n) is 11.3. The summed E-state index contributed by atoms with van der Waals surface area (Å²) in [5, 5.41) is 13.0. The van der Waals surface area contributed by atoms with Gasteiger partial charge in [0.05, 0.1) is 11.8 Å². The monoisotopic (exact) mass is 336 g/mol. The summed E-state index contributed by atoms with van der Waals surface area (Å²) in [4.78, 5) is 0.534. The highest BCUT2D eigenvalue weighted by Crippen LogP contribution is 2.32. The Morgan fingerprint density at radius 1 is 1.04 bits per heavy atom. The Balaban J connectivity index is 1.77. The molecule has 116 valence electrons. The number of aromatic nitrogens is 4. The molecule has 0 aliphatic carbocycles. The van der Waals surface area contributed by atoms with Crippen LogP contribution < -0.4 is 0 Å². The Bertz CT molecular complexity index is 954. The lowest BCUT2D eigenvalue weighted by Gasteiger charge is -2.06. The number of nitrogens with zero attached hydrogens (tertiary/aromatic N) is 4. The van der Waals surface area contributed by atoms with Gasteiger partial charge in [-0.25, -0.2) is 0 Å². The summed E-state index contributed by atoms with van der Waals surface area (Å²) in [6.07, 6.45) is -2.83. The first-order chi connectivity index (χ1) is 11.0. The summed E-state index contributed by atoms with van der Waals surface area (Å²) >= 11 is 1.28. The first-order valence-electron chi connectivity index (χ1n) is 6.46. The lowest BCUT2D eigenvalue weighted by molar-refractivity contribution is -0.137. The minimum atomic E-state index is -4.37. The molecule has 4 aromatic rings. The number of fused-ring (bicyclic) bond motifs is 1. The molecule has 0 unspecified atom stereocenters. The highest BCUT2D eigenvalue weighted by Gasteiger charge is 2.30. The van der Waals surface area contributed by atoms with Gasteiger partial charge in [-0.05, 0) is 24.3 Å². The predicted molar refractivity (Wildman–Crippen MR) is 76.8 cm³/mol. The van der Waals surface area contributed by atoms with Gasteiger partial charge in [-0.15, -0.1) is 15.3 Å². The van der Waals surface area contributed by atoms with Gasteiger partial charge in [0.15, 0.2) is 16.6 Å². The van der Waals surface area contributed by atoms with Gasteiger partial charge in [0.25, 0.3) is 0 Å². The Labute approximate surface area is 131 Å². The topological polar surface area (TPSA) is 56.2 Å². The van der Waals surface area contributed by atoms with E-state index in [2.05, 4.69) is 15.3 Å². The fourth-order valence-corrected chi connectivity index (χ4v) is 2.91. The second-order valence-electron chi connectivity index (χ2n) is 4.68. The van der Waals surface area contributed by atoms with Gasteiger partial charge in [0.1, 0.15) is 0 Å². The molecule has 0 spiro atoms. The third-order valence-electron chi connectivity index (χ3n) is 3.19. The third kappa shape index (κ3) is 2.38. The van der Waals surface area contributed by atoms with Crippen LogP contribution in [-0.4, -0.2) is 19.8 Å². The van der Waals surface area contributed by atoms with E-state index in [1.54, 1.807) is 12.1 Å². The van der Waals surface area contributed by atoms with Crippen LogP contribution in [0.2, 0.25) is 0 Å². The van der Waals surface area contributed by atoms with Gasteiger partial charge in [0.2, 0.25) is 4.96 Å². The van der Waals surface area contributed by atoms with Crippen molar-refractivity contribution in [2.24, 2.45) is 0 Å². The van der Waals surface area contributed by atoms with Crippen molar-refractivity contribution < 1.29 is 17.6 Å². The minimum Gasteiger partial charge on any atom is -0.462 e. The van der Waals surface area contributed by atoms with E-state index in [1.807, 2.05) is 0 Å². The highest BCUT2D eigenvalue weighted by atomic mass is 32.1. The smallest absolute Gasteiger partial charge is 0.416 e. The van der Waals surface area contributed by atoms with Gasteiger partial charge in [0, 0.05) is 5.56 Å². The summed E-state index contributed by atoms with van der Waals surface area (Å²) in [6.45, 7) is 0. The molecule has 23 heavy (non-hydrogen) atoms. The number of rotatable bonds is 2. The van der Waals surface area contributed by atoms with E-state index in [0.29, 0.717) is 27.1 Å². The van der Waals surface area contributed by atoms with Crippen molar-refractivity contribution in [3.05, 3.63) is 48.2 Å². The Kier molecular flexibility index (Phi) is 2.98. The molecule has 1 aromatic carbocycles. The van der Waals surface area contributed by atoms with Gasteiger partial charge < -0.3 is 4.42 Å². The molecule has 0 radical (unpaired) electrons. The lowest BCUT2D eigenvalue weighted by atomic mass is 10.1. The summed E-state index contributed by atoms with van der Waals surface area (Å²) < 4.78 is 44.6. The molecule has 0 fully saturated rings. The average Bonchev–Trinajstić information content (AvgIpc) is 3.22. The summed E-state index contributed by atoms with van der Waals surface area (Å²) in [5.41, 5.74) is -0.210. The zero-order chi connectivity index (χ0) is 16.0. The number of hydrogen-bond acceptors (Lipinski definition) is 5. The standard InChI is InChI=1S/C14H7F3N4OS/c15-14(16,17)9-5-3-8(4-6-9)11-18-19-13-21(11)20-12(23-13)10-2-1-7-22-10/h1-7H. The van der Waals surface area contributed by atoms with Crippen LogP contribution in [0.1, 0.15) is 5.56 Å². The molecule has 0 aliphatic heterocycles. The number of hydrogen-bond donors (Lipinski definition) is 0. The molecule has 4 rings (SSSR count). The Morgan fingerprint density at radius 2 is 1.83 bits per heavy atom. The normalized spacial score (nSPS) is 12.1. The molecule has 0 atom stereocenters. The first kappa shape index (κ1) is 13.9. The van der Waals surface area contributed by atoms with Crippen molar-refractivity contribution >= 4 is 16.3 Å². The Morgan fingerprint density at radius 3 is 2.48 bits per heavy atom. The first-order valence-corrected chi connectivity index (χ1v) is 7.28. The minimum absolute atomic E-state index is 0.378. The summed E-state index contributed by atoms with van der Waals surface area (Å²) in [5.74, 6) is 0.974. The highest BCUT2D eigenvalue weighted by molar-refractivity contribution is 7.19. The van der Waals surface area contributed by atoms with Crippen molar-refractivity contribution in [2.75, 3.05) is 0 Å². The van der Waals surface area contributed by atoms with E-state index in [0.717, 1.165) is 12.1 Å². The van der Waals surface area contributed by atoms with Crippen LogP contribution in [-0.2, 0) is 6.18 Å². The van der Waals surface area contributed by atoms with Gasteiger partial charge >= 0.3 is 6.18 Å². The predicted octanol–water partition coefficient (Wildman–Crippen LogP) is 4.13. The molecule has 3 heterocycles. The number of furan rings is 1. The van der Waals surface area contributed by atoms with Crippen LogP contribution in [0.15, 0.2) is 47.1 Å². The van der Waals surface area contributed by atoms with Crippen LogP contribution in [0.5, 0.6) is 0 Å². The van der Waals surface area contributed by atoms with E-state index in [-0.39, 0.29) is 0 Å². The average molecular weight is 336 g/mol. The van der Waals surface area contributed by atoms with Crippen LogP contribution in [0.25, 0.3) is 27.1 Å². The molecule has 3 aromatic heterocycles. The van der Waals surface area contributed by atoms with Crippen LogP contribution in [0, 0.1) is 0 Å². The van der Waals surface area contributed by atoms with Crippen LogP contribution >= 0.6 is 11.3 Å². The maximum Gasteiger partial charge on any atom is 0.416 e. The van der Waals surface area contributed by atoms with Gasteiger partial charge in [-0.3, -0.25) is 0 Å². The molecule has 9 heteroatoms. The van der Waals surface area contributed by atoms with E-state index in [1.165, 1.54) is 34.2 Å². The van der Waals surface area contributed by atoms with Crippen molar-refractivity contribution in [3.63, 3.8) is 0 Å². The van der Waals surface area contributed by atoms with E-state index in [4.69, 9.17) is 4.42 Å². The number of halogens is 3. The maximum atomic E-state index is 12.6. The quantitative estimate of drug-likeness (QED) is 0.552. The molecular formula is C14H7F3N4OS. The molecule has 0 bridgehead atoms. The maximum absolute atomic E-state index is 12.6. The van der Waals surface area contributed by atoms with Crippen molar-refractivity contribution in [2.45, 2.75) is 6.18 Å². The molecule has 0 amide bonds. The fourth-order valence-electron chi connectivity index (χ4n) is 2.11. The van der Waals surface area contributed by atoms with Gasteiger partial charge in [-0.2, -0.15) is 17.7 Å². The van der Waals surface area contributed by atoms with Crippen LogP contribution in [0.3, 0.4) is 0 Å². The van der Waals surface area contributed by atoms with Crippen molar-refractivity contribution in [1.29, 1.82) is 0 Å². The molecule has 0 N–H and O–H groups in total. The van der Waals surface area contributed by atoms with Gasteiger partial charge in [-0.1, -0.05) is 23.5 Å². The molecule has 0 saturated carbocycles. The fraction of sp³-hybridized carbons (Fsp3) is 0.0714.